The van der Waals surface area contributed by atoms with Gasteiger partial charge < -0.3 is 20.9 Å². The van der Waals surface area contributed by atoms with Crippen molar-refractivity contribution in [2.24, 2.45) is 0 Å². The number of para-hydroxylation sites is 1. The highest BCUT2D eigenvalue weighted by molar-refractivity contribution is 6.34. The molecule has 182 valence electrons. The molecule has 35 heavy (non-hydrogen) atoms. The fourth-order valence-corrected chi connectivity index (χ4v) is 4.79. The first-order valence-corrected chi connectivity index (χ1v) is 12.1. The van der Waals surface area contributed by atoms with E-state index in [1.807, 2.05) is 19.1 Å². The maximum Gasteiger partial charge on any atom is 0.330 e. The summed E-state index contributed by atoms with van der Waals surface area (Å²) >= 11 is 6.39. The van der Waals surface area contributed by atoms with Crippen LogP contribution in [-0.4, -0.2) is 60.7 Å². The van der Waals surface area contributed by atoms with Crippen molar-refractivity contribution in [3.63, 3.8) is 0 Å². The fourth-order valence-electron chi connectivity index (χ4n) is 4.50. The van der Waals surface area contributed by atoms with Gasteiger partial charge in [0.15, 0.2) is 0 Å². The molecule has 2 aliphatic heterocycles. The number of urea groups is 1. The van der Waals surface area contributed by atoms with E-state index >= 15 is 0 Å². The molecule has 0 saturated carbocycles. The predicted molar refractivity (Wildman–Crippen MR) is 142 cm³/mol. The molecule has 0 aliphatic carbocycles. The third kappa shape index (κ3) is 4.56. The van der Waals surface area contributed by atoms with Crippen LogP contribution >= 0.6 is 11.6 Å². The van der Waals surface area contributed by atoms with Crippen molar-refractivity contribution in [1.29, 1.82) is 0 Å². The normalized spacial score (nSPS) is 16.4. The number of nitrogen functional groups attached to an aromatic ring is 1. The monoisotopic (exact) mass is 492 g/mol. The number of carbonyl (C=O) groups is 1. The molecule has 10 heteroatoms. The molecule has 2 aromatic carbocycles. The average molecular weight is 493 g/mol. The number of amides is 2. The number of anilines is 6. The molecule has 1 fully saturated rings. The summed E-state index contributed by atoms with van der Waals surface area (Å²) in [6, 6.07) is 13.3. The van der Waals surface area contributed by atoms with E-state index in [0.29, 0.717) is 41.3 Å². The minimum absolute atomic E-state index is 0.221. The summed E-state index contributed by atoms with van der Waals surface area (Å²) in [5.74, 6) is 1.03. The number of fused-ring (bicyclic) bond motifs is 1. The van der Waals surface area contributed by atoms with Crippen molar-refractivity contribution < 1.29 is 4.79 Å². The van der Waals surface area contributed by atoms with E-state index < -0.39 is 0 Å². The summed E-state index contributed by atoms with van der Waals surface area (Å²) in [5, 5.41) is 3.70. The lowest BCUT2D eigenvalue weighted by Crippen LogP contribution is -2.48. The van der Waals surface area contributed by atoms with Crippen LogP contribution in [0, 0.1) is 0 Å². The Morgan fingerprint density at radius 2 is 1.83 bits per heavy atom. The Morgan fingerprint density at radius 1 is 1.09 bits per heavy atom. The van der Waals surface area contributed by atoms with Crippen molar-refractivity contribution in [2.45, 2.75) is 13.5 Å². The van der Waals surface area contributed by atoms with Gasteiger partial charge in [-0.25, -0.2) is 9.78 Å². The number of piperazine rings is 1. The van der Waals surface area contributed by atoms with E-state index in [0.717, 1.165) is 37.4 Å². The van der Waals surface area contributed by atoms with E-state index in [-0.39, 0.29) is 6.03 Å². The van der Waals surface area contributed by atoms with Crippen molar-refractivity contribution in [1.82, 2.24) is 14.9 Å². The van der Waals surface area contributed by atoms with Gasteiger partial charge >= 0.3 is 6.03 Å². The van der Waals surface area contributed by atoms with Crippen LogP contribution in [0.4, 0.5) is 39.3 Å². The van der Waals surface area contributed by atoms with Crippen LogP contribution in [0.25, 0.3) is 0 Å². The summed E-state index contributed by atoms with van der Waals surface area (Å²) in [6.07, 6.45) is 1.75. The molecular weight excluding hydrogens is 464 g/mol. The number of nitrogens with zero attached hydrogens (tertiary/aromatic N) is 6. The molecule has 3 heterocycles. The van der Waals surface area contributed by atoms with E-state index in [4.69, 9.17) is 17.3 Å². The Hall–Kier alpha value is -3.56. The average Bonchev–Trinajstić information content (AvgIpc) is 2.85. The number of halogens is 1. The summed E-state index contributed by atoms with van der Waals surface area (Å²) < 4.78 is 0. The highest BCUT2D eigenvalue weighted by Crippen LogP contribution is 2.38. The minimum Gasteiger partial charge on any atom is -0.397 e. The van der Waals surface area contributed by atoms with E-state index in [1.165, 1.54) is 5.69 Å². The zero-order valence-electron chi connectivity index (χ0n) is 19.9. The second-order valence-electron chi connectivity index (χ2n) is 8.80. The van der Waals surface area contributed by atoms with Crippen molar-refractivity contribution in [2.75, 3.05) is 65.5 Å². The van der Waals surface area contributed by atoms with Crippen LogP contribution in [0.1, 0.15) is 12.5 Å². The summed E-state index contributed by atoms with van der Waals surface area (Å²) in [7, 11) is 2.15. The van der Waals surface area contributed by atoms with Gasteiger partial charge in [0.25, 0.3) is 0 Å². The molecule has 0 bridgehead atoms. The standard InChI is InChI=1S/C25H29ClN8O/c1-3-33-23-17(16-34(25(33)35)22-20(26)5-4-6-21(22)27)15-28-24(30-23)29-18-7-9-19(10-8-18)32-13-11-31(2)12-14-32/h4-10,15H,3,11-14,16,27H2,1-2H3,(H,28,29,30). The number of aromatic nitrogens is 2. The molecule has 5 rings (SSSR count). The Kier molecular flexibility index (Phi) is 6.36. The molecule has 3 N–H and O–H groups in total. The second kappa shape index (κ2) is 9.59. The topological polar surface area (TPSA) is 93.9 Å². The molecule has 0 atom stereocenters. The molecule has 9 nitrogen and oxygen atoms in total. The molecule has 0 unspecified atom stereocenters. The lowest BCUT2D eigenvalue weighted by atomic mass is 10.1. The van der Waals surface area contributed by atoms with E-state index in [2.05, 4.69) is 44.3 Å². The summed E-state index contributed by atoms with van der Waals surface area (Å²) in [5.41, 5.74) is 10.0. The minimum atomic E-state index is -0.221. The van der Waals surface area contributed by atoms with Crippen LogP contribution < -0.4 is 25.8 Å². The molecule has 1 aromatic heterocycles. The maximum atomic E-state index is 13.4. The van der Waals surface area contributed by atoms with Gasteiger partial charge in [-0.1, -0.05) is 17.7 Å². The third-order valence-electron chi connectivity index (χ3n) is 6.48. The Morgan fingerprint density at radius 3 is 2.51 bits per heavy atom. The van der Waals surface area contributed by atoms with Crippen LogP contribution in [0.5, 0.6) is 0 Å². The number of carbonyl (C=O) groups excluding carboxylic acids is 1. The molecule has 0 spiro atoms. The van der Waals surface area contributed by atoms with Crippen molar-refractivity contribution >= 4 is 52.1 Å². The highest BCUT2D eigenvalue weighted by atomic mass is 35.5. The highest BCUT2D eigenvalue weighted by Gasteiger charge is 2.34. The number of nitrogens with two attached hydrogens (primary N) is 1. The fraction of sp³-hybridized carbons (Fsp3) is 0.320. The van der Waals surface area contributed by atoms with Crippen molar-refractivity contribution in [3.8, 4) is 0 Å². The Labute approximate surface area is 210 Å². The molecule has 1 saturated heterocycles. The van der Waals surface area contributed by atoms with Gasteiger partial charge in [0.2, 0.25) is 5.95 Å². The smallest absolute Gasteiger partial charge is 0.330 e. The van der Waals surface area contributed by atoms with Crippen LogP contribution in [0.15, 0.2) is 48.7 Å². The van der Waals surface area contributed by atoms with E-state index in [9.17, 15) is 4.79 Å². The molecule has 2 aliphatic rings. The Balaban J connectivity index is 1.36. The van der Waals surface area contributed by atoms with Gasteiger partial charge in [0.05, 0.1) is 22.9 Å². The van der Waals surface area contributed by atoms with Gasteiger partial charge in [0, 0.05) is 55.9 Å². The lowest BCUT2D eigenvalue weighted by Gasteiger charge is -2.36. The SMILES string of the molecule is CCN1C(=O)N(c2c(N)cccc2Cl)Cc2cnc(Nc3ccc(N4CCN(C)CC4)cc3)nc21. The lowest BCUT2D eigenvalue weighted by molar-refractivity contribution is 0.250. The van der Waals surface area contributed by atoms with Gasteiger partial charge in [-0.05, 0) is 50.4 Å². The first kappa shape index (κ1) is 23.2. The van der Waals surface area contributed by atoms with Gasteiger partial charge in [-0.3, -0.25) is 9.80 Å². The summed E-state index contributed by atoms with van der Waals surface area (Å²) in [4.78, 5) is 30.5. The first-order chi connectivity index (χ1) is 16.9. The number of hydrogen-bond donors (Lipinski definition) is 2. The first-order valence-electron chi connectivity index (χ1n) is 11.7. The molecular formula is C25H29ClN8O. The Bertz CT molecular complexity index is 1210. The van der Waals surface area contributed by atoms with Crippen LogP contribution in [-0.2, 0) is 6.54 Å². The number of hydrogen-bond acceptors (Lipinski definition) is 7. The predicted octanol–water partition coefficient (Wildman–Crippen LogP) is 4.17. The summed E-state index contributed by atoms with van der Waals surface area (Å²) in [6.45, 7) is 6.82. The molecule has 0 radical (unpaired) electrons. The number of rotatable bonds is 5. The molecule has 2 amide bonds. The third-order valence-corrected chi connectivity index (χ3v) is 6.79. The second-order valence-corrected chi connectivity index (χ2v) is 9.20. The van der Waals surface area contributed by atoms with Gasteiger partial charge in [0.1, 0.15) is 5.82 Å². The quantitative estimate of drug-likeness (QED) is 0.516. The van der Waals surface area contributed by atoms with E-state index in [1.54, 1.807) is 34.2 Å². The van der Waals surface area contributed by atoms with Crippen molar-refractivity contribution in [3.05, 3.63) is 59.2 Å². The zero-order valence-corrected chi connectivity index (χ0v) is 20.7. The van der Waals surface area contributed by atoms with Gasteiger partial charge in [-0.2, -0.15) is 4.98 Å². The van der Waals surface area contributed by atoms with Gasteiger partial charge in [-0.15, -0.1) is 0 Å². The van der Waals surface area contributed by atoms with Crippen LogP contribution in [0.2, 0.25) is 5.02 Å². The molecule has 3 aromatic rings. The van der Waals surface area contributed by atoms with Crippen LogP contribution in [0.3, 0.4) is 0 Å². The number of benzene rings is 2. The largest absolute Gasteiger partial charge is 0.397 e. The number of nitrogens with one attached hydrogen (secondary N) is 1. The maximum absolute atomic E-state index is 13.4. The zero-order chi connectivity index (χ0) is 24.5. The number of likely N-dealkylation sites (N-methyl/N-ethyl adjacent to an activating group) is 1.